The van der Waals surface area contributed by atoms with Gasteiger partial charge in [0.2, 0.25) is 5.91 Å². The van der Waals surface area contributed by atoms with Crippen molar-refractivity contribution in [2.45, 2.75) is 56.8 Å². The summed E-state index contributed by atoms with van der Waals surface area (Å²) in [4.78, 5) is 37.8. The van der Waals surface area contributed by atoms with Gasteiger partial charge in [-0.2, -0.15) is 0 Å². The minimum Gasteiger partial charge on any atom is -0.462 e. The maximum atomic E-state index is 12.5. The molecule has 1 aromatic carbocycles. The lowest BCUT2D eigenvalue weighted by atomic mass is 9.98. The van der Waals surface area contributed by atoms with Gasteiger partial charge in [0.05, 0.1) is 13.1 Å². The lowest BCUT2D eigenvalue weighted by Gasteiger charge is -2.22. The number of benzene rings is 1. The first-order chi connectivity index (χ1) is 12.5. The van der Waals surface area contributed by atoms with Crippen molar-refractivity contribution < 1.29 is 19.1 Å². The van der Waals surface area contributed by atoms with Crippen LogP contribution in [0.15, 0.2) is 24.3 Å². The first kappa shape index (κ1) is 18.8. The van der Waals surface area contributed by atoms with E-state index in [1.165, 1.54) is 6.42 Å². The van der Waals surface area contributed by atoms with E-state index in [1.54, 1.807) is 0 Å². The number of hydrogen-bond donors (Lipinski definition) is 1. The van der Waals surface area contributed by atoms with Crippen molar-refractivity contribution in [3.63, 3.8) is 0 Å². The molecule has 1 aliphatic heterocycles. The molecule has 1 saturated heterocycles. The summed E-state index contributed by atoms with van der Waals surface area (Å²) in [7, 11) is 0. The highest BCUT2D eigenvalue weighted by Crippen LogP contribution is 2.30. The molecule has 1 atom stereocenters. The number of imide groups is 1. The molecular weight excluding hydrogens is 352 g/mol. The van der Waals surface area contributed by atoms with Crippen LogP contribution in [-0.4, -0.2) is 40.0 Å². The number of amides is 2. The highest BCUT2D eigenvalue weighted by Gasteiger charge is 2.41. The van der Waals surface area contributed by atoms with Crippen LogP contribution in [0, 0.1) is 6.92 Å². The minimum atomic E-state index is -0.682. The molecule has 0 aromatic heterocycles. The molecule has 0 radical (unpaired) electrons. The van der Waals surface area contributed by atoms with E-state index in [9.17, 15) is 14.4 Å². The summed E-state index contributed by atoms with van der Waals surface area (Å²) in [6.07, 6.45) is 5.03. The molecule has 1 heterocycles. The van der Waals surface area contributed by atoms with Crippen LogP contribution in [0.2, 0.25) is 0 Å². The average molecular weight is 376 g/mol. The standard InChI is InChI=1S/C19H24N2O4S/c1-13-7-9-14(10-8-13)20-12-21-18(23)16(26-19(21)24)11-17(22)25-15-5-3-2-4-6-15/h7-10,15-16,20H,2-6,11-12H2,1H3. The van der Waals surface area contributed by atoms with Crippen molar-refractivity contribution in [1.29, 1.82) is 0 Å². The van der Waals surface area contributed by atoms with Gasteiger partial charge in [-0.05, 0) is 44.7 Å². The Bertz CT molecular complexity index is 671. The summed E-state index contributed by atoms with van der Waals surface area (Å²) in [6.45, 7) is 2.09. The smallest absolute Gasteiger partial charge is 0.307 e. The van der Waals surface area contributed by atoms with Crippen LogP contribution < -0.4 is 5.32 Å². The van der Waals surface area contributed by atoms with E-state index in [0.717, 1.165) is 53.6 Å². The van der Waals surface area contributed by atoms with Gasteiger partial charge in [-0.15, -0.1) is 0 Å². The number of ether oxygens (including phenoxy) is 1. The number of nitrogens with one attached hydrogen (secondary N) is 1. The molecule has 0 spiro atoms. The van der Waals surface area contributed by atoms with E-state index in [2.05, 4.69) is 5.32 Å². The summed E-state index contributed by atoms with van der Waals surface area (Å²) >= 11 is 0.906. The van der Waals surface area contributed by atoms with Gasteiger partial charge in [-0.1, -0.05) is 35.9 Å². The average Bonchev–Trinajstić information content (AvgIpc) is 2.89. The zero-order valence-electron chi connectivity index (χ0n) is 14.9. The van der Waals surface area contributed by atoms with Crippen LogP contribution in [0.1, 0.15) is 44.1 Å². The van der Waals surface area contributed by atoms with Gasteiger partial charge in [-0.3, -0.25) is 19.3 Å². The molecule has 0 bridgehead atoms. The molecule has 2 amide bonds. The molecule has 1 N–H and O–H groups in total. The molecule has 1 unspecified atom stereocenters. The molecule has 2 fully saturated rings. The Morgan fingerprint density at radius 2 is 1.88 bits per heavy atom. The number of anilines is 1. The molecule has 3 rings (SSSR count). The number of carbonyl (C=O) groups is 3. The fourth-order valence-corrected chi connectivity index (χ4v) is 4.15. The van der Waals surface area contributed by atoms with Gasteiger partial charge < -0.3 is 10.1 Å². The predicted molar refractivity (Wildman–Crippen MR) is 101 cm³/mol. The van der Waals surface area contributed by atoms with Crippen LogP contribution in [0.3, 0.4) is 0 Å². The Morgan fingerprint density at radius 3 is 2.58 bits per heavy atom. The molecule has 26 heavy (non-hydrogen) atoms. The van der Waals surface area contributed by atoms with Crippen LogP contribution in [0.25, 0.3) is 0 Å². The minimum absolute atomic E-state index is 0.0345. The number of carbonyl (C=O) groups excluding carboxylic acids is 3. The monoisotopic (exact) mass is 376 g/mol. The van der Waals surface area contributed by atoms with Crippen molar-refractivity contribution in [3.8, 4) is 0 Å². The van der Waals surface area contributed by atoms with Crippen molar-refractivity contribution in [2.24, 2.45) is 0 Å². The highest BCUT2D eigenvalue weighted by atomic mass is 32.2. The van der Waals surface area contributed by atoms with Gasteiger partial charge >= 0.3 is 5.97 Å². The normalized spacial score (nSPS) is 21.1. The third-order valence-corrected chi connectivity index (χ3v) is 5.78. The second-order valence-electron chi connectivity index (χ2n) is 6.79. The Labute approximate surface area is 157 Å². The maximum absolute atomic E-state index is 12.5. The molecule has 2 aliphatic rings. The van der Waals surface area contributed by atoms with Crippen LogP contribution in [0.5, 0.6) is 0 Å². The number of esters is 1. The molecule has 1 aromatic rings. The SMILES string of the molecule is Cc1ccc(NCN2C(=O)SC(CC(=O)OC3CCCCC3)C2=O)cc1. The van der Waals surface area contributed by atoms with Crippen LogP contribution in [-0.2, 0) is 14.3 Å². The summed E-state index contributed by atoms with van der Waals surface area (Å²) in [5, 5.41) is 2.06. The van der Waals surface area contributed by atoms with Gasteiger partial charge in [0, 0.05) is 5.69 Å². The quantitative estimate of drug-likeness (QED) is 0.763. The fraction of sp³-hybridized carbons (Fsp3) is 0.526. The first-order valence-corrected chi connectivity index (χ1v) is 9.93. The Hall–Kier alpha value is -2.02. The summed E-state index contributed by atoms with van der Waals surface area (Å²) in [5.41, 5.74) is 1.97. The molecule has 140 valence electrons. The van der Waals surface area contributed by atoms with Crippen molar-refractivity contribution in [2.75, 3.05) is 12.0 Å². The molecule has 7 heteroatoms. The van der Waals surface area contributed by atoms with E-state index >= 15 is 0 Å². The number of thioether (sulfide) groups is 1. The van der Waals surface area contributed by atoms with E-state index in [4.69, 9.17) is 4.74 Å². The zero-order chi connectivity index (χ0) is 18.5. The number of nitrogens with zero attached hydrogens (tertiary/aromatic N) is 1. The molecule has 1 saturated carbocycles. The summed E-state index contributed by atoms with van der Waals surface area (Å²) < 4.78 is 5.46. The zero-order valence-corrected chi connectivity index (χ0v) is 15.7. The molecule has 6 nitrogen and oxygen atoms in total. The van der Waals surface area contributed by atoms with Crippen LogP contribution >= 0.6 is 11.8 Å². The van der Waals surface area contributed by atoms with E-state index in [-0.39, 0.29) is 36.3 Å². The van der Waals surface area contributed by atoms with E-state index in [1.807, 2.05) is 31.2 Å². The molecular formula is C19H24N2O4S. The Kier molecular flexibility index (Phi) is 6.19. The number of aryl methyl sites for hydroxylation is 1. The number of hydrogen-bond acceptors (Lipinski definition) is 6. The van der Waals surface area contributed by atoms with Gasteiger partial charge in [0.25, 0.3) is 5.24 Å². The van der Waals surface area contributed by atoms with E-state index in [0.29, 0.717) is 0 Å². The van der Waals surface area contributed by atoms with Gasteiger partial charge in [0.1, 0.15) is 11.4 Å². The first-order valence-electron chi connectivity index (χ1n) is 9.05. The Balaban J connectivity index is 1.49. The second kappa shape index (κ2) is 8.58. The van der Waals surface area contributed by atoms with Gasteiger partial charge in [-0.25, -0.2) is 0 Å². The lowest BCUT2D eigenvalue weighted by molar-refractivity contribution is -0.151. The van der Waals surface area contributed by atoms with Crippen molar-refractivity contribution in [1.82, 2.24) is 4.90 Å². The predicted octanol–water partition coefficient (Wildman–Crippen LogP) is 3.69. The third-order valence-electron chi connectivity index (χ3n) is 4.70. The van der Waals surface area contributed by atoms with Crippen molar-refractivity contribution in [3.05, 3.63) is 29.8 Å². The number of rotatable bonds is 6. The maximum Gasteiger partial charge on any atom is 0.307 e. The highest BCUT2D eigenvalue weighted by molar-refractivity contribution is 8.15. The second-order valence-corrected chi connectivity index (χ2v) is 7.95. The fourth-order valence-electron chi connectivity index (χ4n) is 3.18. The van der Waals surface area contributed by atoms with Crippen LogP contribution in [0.4, 0.5) is 10.5 Å². The largest absolute Gasteiger partial charge is 0.462 e. The lowest BCUT2D eigenvalue weighted by Crippen LogP contribution is -2.36. The topological polar surface area (TPSA) is 75.7 Å². The Morgan fingerprint density at radius 1 is 1.19 bits per heavy atom. The third kappa shape index (κ3) is 4.78. The molecule has 1 aliphatic carbocycles. The van der Waals surface area contributed by atoms with E-state index < -0.39 is 5.25 Å². The van der Waals surface area contributed by atoms with Gasteiger partial charge in [0.15, 0.2) is 0 Å². The van der Waals surface area contributed by atoms with Crippen molar-refractivity contribution >= 4 is 34.6 Å². The summed E-state index contributed by atoms with van der Waals surface area (Å²) in [5.74, 6) is -0.718. The summed E-state index contributed by atoms with van der Waals surface area (Å²) in [6, 6.07) is 7.70.